The Bertz CT molecular complexity index is 159. The molecule has 0 N–H and O–H groups in total. The smallest absolute Gasteiger partial charge is 0.294 e. The van der Waals surface area contributed by atoms with E-state index in [4.69, 9.17) is 5.26 Å². The molecule has 0 heterocycles. The average Bonchev–Trinajstić information content (AvgIpc) is 1.98. The van der Waals surface area contributed by atoms with Gasteiger partial charge < -0.3 is 0 Å². The third-order valence-corrected chi connectivity index (χ3v) is 0.605. The Kier molecular flexibility index (Phi) is 5.01. The molecule has 0 fully saturated rings. The van der Waals surface area contributed by atoms with Crippen molar-refractivity contribution in [2.45, 2.75) is 6.42 Å². The number of nitriles is 1. The molecule has 0 unspecified atom stereocenters. The SMILES string of the molecule is C=CC(=O)OOCCC#N. The summed E-state index contributed by atoms with van der Waals surface area (Å²) in [4.78, 5) is 18.6. The van der Waals surface area contributed by atoms with Gasteiger partial charge in [0.05, 0.1) is 12.5 Å². The van der Waals surface area contributed by atoms with E-state index in [1.807, 2.05) is 6.07 Å². The largest absolute Gasteiger partial charge is 0.365 e. The molecule has 0 aliphatic heterocycles. The molecule has 0 spiro atoms. The van der Waals surface area contributed by atoms with Crippen LogP contribution in [0.1, 0.15) is 6.42 Å². The summed E-state index contributed by atoms with van der Waals surface area (Å²) in [7, 11) is 0. The lowest BCUT2D eigenvalue weighted by molar-refractivity contribution is -0.266. The first-order valence-electron chi connectivity index (χ1n) is 2.64. The molecule has 0 aromatic carbocycles. The minimum atomic E-state index is -0.655. The number of nitrogens with zero attached hydrogens (tertiary/aromatic N) is 1. The molecule has 0 radical (unpaired) electrons. The third-order valence-electron chi connectivity index (χ3n) is 0.605. The summed E-state index contributed by atoms with van der Waals surface area (Å²) in [5.74, 6) is -0.655. The second kappa shape index (κ2) is 5.79. The van der Waals surface area contributed by atoms with Crippen molar-refractivity contribution in [3.05, 3.63) is 12.7 Å². The molecule has 0 amide bonds. The Morgan fingerprint density at radius 1 is 1.80 bits per heavy atom. The fraction of sp³-hybridized carbons (Fsp3) is 0.333. The number of carbonyl (C=O) groups excluding carboxylic acids is 1. The monoisotopic (exact) mass is 141 g/mol. The van der Waals surface area contributed by atoms with Crippen LogP contribution in [0.4, 0.5) is 0 Å². The normalized spacial score (nSPS) is 7.90. The van der Waals surface area contributed by atoms with E-state index in [9.17, 15) is 4.79 Å². The van der Waals surface area contributed by atoms with Crippen LogP contribution in [-0.4, -0.2) is 12.6 Å². The molecule has 0 rings (SSSR count). The van der Waals surface area contributed by atoms with Crippen molar-refractivity contribution in [2.75, 3.05) is 6.61 Å². The standard InChI is InChI=1S/C6H7NO3/c1-2-6(8)10-9-5-3-4-7/h2H,1,3,5H2. The topological polar surface area (TPSA) is 59.3 Å². The van der Waals surface area contributed by atoms with E-state index < -0.39 is 5.97 Å². The van der Waals surface area contributed by atoms with Crippen LogP contribution in [0.15, 0.2) is 12.7 Å². The Hall–Kier alpha value is -1.34. The van der Waals surface area contributed by atoms with E-state index in [-0.39, 0.29) is 13.0 Å². The maximum atomic E-state index is 10.2. The van der Waals surface area contributed by atoms with E-state index in [1.54, 1.807) is 0 Å². The Morgan fingerprint density at radius 3 is 3.00 bits per heavy atom. The Labute approximate surface area is 58.6 Å². The number of hydrogen-bond acceptors (Lipinski definition) is 4. The highest BCUT2D eigenvalue weighted by Gasteiger charge is 1.94. The van der Waals surface area contributed by atoms with Gasteiger partial charge in [-0.15, -0.1) is 0 Å². The fourth-order valence-electron chi connectivity index (χ4n) is 0.221. The van der Waals surface area contributed by atoms with E-state index in [2.05, 4.69) is 16.4 Å². The highest BCUT2D eigenvalue weighted by Crippen LogP contribution is 1.83. The lowest BCUT2D eigenvalue weighted by atomic mass is 10.5. The van der Waals surface area contributed by atoms with E-state index >= 15 is 0 Å². The lowest BCUT2D eigenvalue weighted by Gasteiger charge is -1.95. The quantitative estimate of drug-likeness (QED) is 0.248. The molecule has 0 saturated carbocycles. The summed E-state index contributed by atoms with van der Waals surface area (Å²) >= 11 is 0. The van der Waals surface area contributed by atoms with Gasteiger partial charge in [0.2, 0.25) is 0 Å². The van der Waals surface area contributed by atoms with E-state index in [0.29, 0.717) is 0 Å². The number of rotatable bonds is 4. The van der Waals surface area contributed by atoms with Crippen LogP contribution < -0.4 is 0 Å². The van der Waals surface area contributed by atoms with Crippen molar-refractivity contribution in [2.24, 2.45) is 0 Å². The van der Waals surface area contributed by atoms with Gasteiger partial charge in [0, 0.05) is 6.08 Å². The molecule has 0 atom stereocenters. The molecule has 10 heavy (non-hydrogen) atoms. The lowest BCUT2D eigenvalue weighted by Crippen LogP contribution is -2.02. The first kappa shape index (κ1) is 8.66. The predicted molar refractivity (Wildman–Crippen MR) is 32.5 cm³/mol. The zero-order valence-electron chi connectivity index (χ0n) is 5.37. The van der Waals surface area contributed by atoms with Gasteiger partial charge in [-0.25, -0.2) is 4.79 Å². The Balaban J connectivity index is 3.13. The molecule has 0 aromatic heterocycles. The second-order valence-electron chi connectivity index (χ2n) is 1.34. The van der Waals surface area contributed by atoms with Crippen LogP contribution in [0.3, 0.4) is 0 Å². The molecule has 4 heteroatoms. The maximum absolute atomic E-state index is 10.2. The van der Waals surface area contributed by atoms with Gasteiger partial charge in [0.15, 0.2) is 0 Å². The predicted octanol–water partition coefficient (Wildman–Crippen LogP) is 0.561. The van der Waals surface area contributed by atoms with Crippen LogP contribution in [0.5, 0.6) is 0 Å². The summed E-state index contributed by atoms with van der Waals surface area (Å²) in [6.07, 6.45) is 1.18. The Morgan fingerprint density at radius 2 is 2.50 bits per heavy atom. The van der Waals surface area contributed by atoms with Gasteiger partial charge in [0.25, 0.3) is 0 Å². The first-order chi connectivity index (χ1) is 4.81. The summed E-state index contributed by atoms with van der Waals surface area (Å²) in [6.45, 7) is 3.23. The maximum Gasteiger partial charge on any atom is 0.365 e. The van der Waals surface area contributed by atoms with Crippen molar-refractivity contribution >= 4 is 5.97 Å². The van der Waals surface area contributed by atoms with Crippen LogP contribution >= 0.6 is 0 Å². The number of hydrogen-bond donors (Lipinski definition) is 0. The second-order valence-corrected chi connectivity index (χ2v) is 1.34. The van der Waals surface area contributed by atoms with E-state index in [1.165, 1.54) is 0 Å². The molecule has 4 nitrogen and oxygen atoms in total. The third kappa shape index (κ3) is 4.81. The minimum absolute atomic E-state index is 0.0933. The molecule has 0 aliphatic rings. The zero-order valence-corrected chi connectivity index (χ0v) is 5.37. The highest BCUT2D eigenvalue weighted by molar-refractivity contribution is 5.80. The van der Waals surface area contributed by atoms with Gasteiger partial charge in [-0.1, -0.05) is 6.58 Å². The molecule has 54 valence electrons. The summed E-state index contributed by atoms with van der Waals surface area (Å²) in [6, 6.07) is 1.82. The van der Waals surface area contributed by atoms with Crippen molar-refractivity contribution < 1.29 is 14.6 Å². The van der Waals surface area contributed by atoms with Crippen molar-refractivity contribution in [3.8, 4) is 6.07 Å². The number of carbonyl (C=O) groups is 1. The van der Waals surface area contributed by atoms with Gasteiger partial charge in [-0.3, -0.25) is 4.89 Å². The molecular weight excluding hydrogens is 134 g/mol. The van der Waals surface area contributed by atoms with Gasteiger partial charge in [-0.05, 0) is 0 Å². The van der Waals surface area contributed by atoms with Crippen LogP contribution in [0.2, 0.25) is 0 Å². The van der Waals surface area contributed by atoms with Gasteiger partial charge in [-0.2, -0.15) is 10.1 Å². The summed E-state index contributed by atoms with van der Waals surface area (Å²) < 4.78 is 0. The zero-order chi connectivity index (χ0) is 7.82. The average molecular weight is 141 g/mol. The summed E-state index contributed by atoms with van der Waals surface area (Å²) in [5, 5.41) is 8.00. The van der Waals surface area contributed by atoms with Crippen LogP contribution in [-0.2, 0) is 14.6 Å². The van der Waals surface area contributed by atoms with Crippen molar-refractivity contribution in [3.63, 3.8) is 0 Å². The highest BCUT2D eigenvalue weighted by atomic mass is 17.2. The van der Waals surface area contributed by atoms with Crippen LogP contribution in [0.25, 0.3) is 0 Å². The fourth-order valence-corrected chi connectivity index (χ4v) is 0.221. The molecule has 0 aliphatic carbocycles. The molecule has 0 bridgehead atoms. The summed E-state index contributed by atoms with van der Waals surface area (Å²) in [5.41, 5.74) is 0. The van der Waals surface area contributed by atoms with Gasteiger partial charge >= 0.3 is 5.97 Å². The molecular formula is C6H7NO3. The van der Waals surface area contributed by atoms with Crippen molar-refractivity contribution in [1.29, 1.82) is 5.26 Å². The molecule has 0 aromatic rings. The minimum Gasteiger partial charge on any atom is -0.294 e. The molecule has 0 saturated heterocycles. The van der Waals surface area contributed by atoms with Crippen LogP contribution in [0, 0.1) is 11.3 Å². The first-order valence-corrected chi connectivity index (χ1v) is 2.64. The van der Waals surface area contributed by atoms with E-state index in [0.717, 1.165) is 6.08 Å². The van der Waals surface area contributed by atoms with Gasteiger partial charge in [0.1, 0.15) is 6.61 Å². The van der Waals surface area contributed by atoms with Crippen molar-refractivity contribution in [1.82, 2.24) is 0 Å².